The minimum absolute atomic E-state index is 0.0401. The van der Waals surface area contributed by atoms with Crippen LogP contribution in [0.1, 0.15) is 88.8 Å². The van der Waals surface area contributed by atoms with Crippen LogP contribution in [-0.4, -0.2) is 81.7 Å². The summed E-state index contributed by atoms with van der Waals surface area (Å²) in [6, 6.07) is 20.7. The van der Waals surface area contributed by atoms with Crippen molar-refractivity contribution in [1.29, 1.82) is 0 Å². The Balaban J connectivity index is 0.818. The van der Waals surface area contributed by atoms with Gasteiger partial charge in [-0.1, -0.05) is 74.0 Å². The molecule has 350 valence electrons. The Kier molecular flexibility index (Phi) is 13.4. The Hall–Kier alpha value is -6.53. The van der Waals surface area contributed by atoms with Crippen LogP contribution < -0.4 is 15.4 Å². The quantitative estimate of drug-likeness (QED) is 0.0964. The van der Waals surface area contributed by atoms with Gasteiger partial charge in [-0.3, -0.25) is 28.6 Å². The van der Waals surface area contributed by atoms with Gasteiger partial charge in [0.25, 0.3) is 0 Å². The molecule has 9 rings (SSSR count). The average Bonchev–Trinajstić information content (AvgIpc) is 4.16. The van der Waals surface area contributed by atoms with Crippen molar-refractivity contribution in [3.63, 3.8) is 0 Å². The number of carbonyl (C=O) groups is 3. The van der Waals surface area contributed by atoms with Crippen molar-refractivity contribution >= 4 is 57.7 Å². The molecule has 2 aliphatic rings. The summed E-state index contributed by atoms with van der Waals surface area (Å²) in [6.45, 7) is 12.5. The maximum absolute atomic E-state index is 14.2. The van der Waals surface area contributed by atoms with Crippen LogP contribution in [0.5, 0.6) is 11.5 Å². The first kappa shape index (κ1) is 46.6. The van der Waals surface area contributed by atoms with E-state index >= 15 is 0 Å². The number of β-amino-alcohol motifs (C(OH)–C–C–N with tert-alkyl or cyclic N) is 1. The molecule has 15 nitrogen and oxygen atoms in total. The Bertz CT molecular complexity index is 3010. The summed E-state index contributed by atoms with van der Waals surface area (Å²) in [5.41, 5.74) is 9.43. The highest BCUT2D eigenvalue weighted by Crippen LogP contribution is 2.40. The van der Waals surface area contributed by atoms with E-state index < -0.39 is 24.2 Å². The minimum atomic E-state index is -0.835. The summed E-state index contributed by atoms with van der Waals surface area (Å²) in [4.78, 5) is 54.7. The molecular weight excluding hydrogens is 920 g/mol. The summed E-state index contributed by atoms with van der Waals surface area (Å²) in [5.74, 6) is 1.25. The molecule has 2 aliphatic heterocycles. The van der Waals surface area contributed by atoms with Crippen molar-refractivity contribution in [2.45, 2.75) is 91.7 Å². The summed E-state index contributed by atoms with van der Waals surface area (Å²) in [5, 5.41) is 31.7. The number of thiazole rings is 1. The van der Waals surface area contributed by atoms with Gasteiger partial charge in [-0.15, -0.1) is 32.9 Å². The standard InChI is InChI=1S/C50H51ClN10O5S2/c1-27(2)45(49(65)59-24-37(62)19-41(59)48(64)53-22-32-7-11-35(12-8-32)46-29(4)54-26-67-46)60-25-39(23-55-60)66-38-17-9-33(10-18-38)21-52-42(63)20-40-47-58-57-31(6)61(47)50-43(28(3)30(5)68-50)44(56-40)34-13-15-36(51)16-14-34/h7-18,23,25-27,37,40-41,45,62H,19-22,24H2,1-6H3,(H,52,63)(H,53,64)/t37-,40+,41+,45-/m1/s1. The first-order valence-corrected chi connectivity index (χ1v) is 24.5. The number of nitrogens with one attached hydrogen (secondary N) is 2. The van der Waals surface area contributed by atoms with Gasteiger partial charge >= 0.3 is 0 Å². The van der Waals surface area contributed by atoms with Gasteiger partial charge in [-0.25, -0.2) is 4.98 Å². The molecule has 18 heteroatoms. The zero-order valence-corrected chi connectivity index (χ0v) is 40.8. The van der Waals surface area contributed by atoms with Crippen molar-refractivity contribution in [2.24, 2.45) is 10.9 Å². The van der Waals surface area contributed by atoms with Crippen molar-refractivity contribution in [1.82, 2.24) is 45.1 Å². The van der Waals surface area contributed by atoms with E-state index in [0.717, 1.165) is 60.5 Å². The number of nitrogens with zero attached hydrogens (tertiary/aromatic N) is 8. The molecule has 0 bridgehead atoms. The van der Waals surface area contributed by atoms with Crippen molar-refractivity contribution in [3.05, 3.63) is 146 Å². The molecule has 0 saturated carbocycles. The number of carbonyl (C=O) groups excluding carboxylic acids is 3. The number of benzene rings is 3. The fourth-order valence-corrected chi connectivity index (χ4v) is 10.9. The molecule has 4 aromatic heterocycles. The summed E-state index contributed by atoms with van der Waals surface area (Å²) in [7, 11) is 0. The number of likely N-dealkylation sites (tertiary alicyclic amines) is 1. The van der Waals surface area contributed by atoms with E-state index in [-0.39, 0.29) is 56.1 Å². The summed E-state index contributed by atoms with van der Waals surface area (Å²) < 4.78 is 9.74. The molecule has 3 amide bonds. The third-order valence-corrected chi connectivity index (χ3v) is 14.8. The molecular formula is C50H51ClN10O5S2. The number of thiophene rings is 1. The number of amides is 3. The summed E-state index contributed by atoms with van der Waals surface area (Å²) in [6.07, 6.45) is 2.56. The third-order valence-electron chi connectivity index (χ3n) is 12.4. The number of aliphatic hydroxyl groups excluding tert-OH is 1. The largest absolute Gasteiger partial charge is 0.454 e. The third kappa shape index (κ3) is 9.61. The molecule has 68 heavy (non-hydrogen) atoms. The van der Waals surface area contributed by atoms with Crippen LogP contribution in [-0.2, 0) is 27.5 Å². The van der Waals surface area contributed by atoms with E-state index in [4.69, 9.17) is 21.3 Å². The predicted molar refractivity (Wildman–Crippen MR) is 263 cm³/mol. The van der Waals surface area contributed by atoms with E-state index in [0.29, 0.717) is 22.3 Å². The Morgan fingerprint density at radius 3 is 2.28 bits per heavy atom. The highest BCUT2D eigenvalue weighted by atomic mass is 35.5. The lowest BCUT2D eigenvalue weighted by molar-refractivity contribution is -0.142. The van der Waals surface area contributed by atoms with Crippen LogP contribution in [0.2, 0.25) is 5.02 Å². The van der Waals surface area contributed by atoms with Gasteiger partial charge in [0, 0.05) is 47.1 Å². The molecule has 1 fully saturated rings. The molecule has 4 atom stereocenters. The molecule has 0 unspecified atom stereocenters. The second kappa shape index (κ2) is 19.6. The molecule has 0 aliphatic carbocycles. The first-order valence-electron chi connectivity index (χ1n) is 22.4. The van der Waals surface area contributed by atoms with E-state index in [1.54, 1.807) is 51.9 Å². The predicted octanol–water partition coefficient (Wildman–Crippen LogP) is 8.40. The number of aliphatic hydroxyl groups is 1. The molecule has 7 aromatic rings. The van der Waals surface area contributed by atoms with Crippen LogP contribution in [0.4, 0.5) is 0 Å². The van der Waals surface area contributed by atoms with Gasteiger partial charge in [-0.2, -0.15) is 5.10 Å². The lowest BCUT2D eigenvalue weighted by Gasteiger charge is -2.30. The fourth-order valence-electron chi connectivity index (χ4n) is 8.76. The Morgan fingerprint density at radius 1 is 0.897 bits per heavy atom. The van der Waals surface area contributed by atoms with Gasteiger partial charge in [0.05, 0.1) is 46.7 Å². The zero-order chi connectivity index (χ0) is 47.8. The smallest absolute Gasteiger partial charge is 0.248 e. The number of halogens is 1. The maximum Gasteiger partial charge on any atom is 0.248 e. The van der Waals surface area contributed by atoms with Crippen LogP contribution in [0.15, 0.2) is 95.7 Å². The van der Waals surface area contributed by atoms with Gasteiger partial charge < -0.3 is 25.4 Å². The van der Waals surface area contributed by atoms with Gasteiger partial charge in [0.1, 0.15) is 34.7 Å². The average molecular weight is 972 g/mol. The summed E-state index contributed by atoms with van der Waals surface area (Å²) >= 11 is 9.51. The Labute approximate surface area is 406 Å². The lowest BCUT2D eigenvalue weighted by Crippen LogP contribution is -2.49. The van der Waals surface area contributed by atoms with Crippen LogP contribution in [0, 0.1) is 33.6 Å². The first-order chi connectivity index (χ1) is 32.7. The lowest BCUT2D eigenvalue weighted by atomic mass is 9.99. The van der Waals surface area contributed by atoms with Crippen molar-refractivity contribution in [2.75, 3.05) is 6.54 Å². The number of fused-ring (bicyclic) bond motifs is 3. The van der Waals surface area contributed by atoms with Crippen LogP contribution >= 0.6 is 34.3 Å². The van der Waals surface area contributed by atoms with E-state index in [1.807, 2.05) is 98.4 Å². The zero-order valence-electron chi connectivity index (χ0n) is 38.4. The van der Waals surface area contributed by atoms with Gasteiger partial charge in [0.2, 0.25) is 17.7 Å². The van der Waals surface area contributed by atoms with Crippen LogP contribution in [0.25, 0.3) is 15.4 Å². The number of hydrogen-bond acceptors (Lipinski definition) is 12. The molecule has 3 N–H and O–H groups in total. The van der Waals surface area contributed by atoms with E-state index in [1.165, 1.54) is 9.78 Å². The fraction of sp³-hybridized carbons (Fsp3) is 0.320. The van der Waals surface area contributed by atoms with Crippen molar-refractivity contribution in [3.8, 4) is 26.9 Å². The SMILES string of the molecule is Cc1ncsc1-c1ccc(CNC(=O)[C@@H]2C[C@@H](O)CN2C(=O)[C@@H](C(C)C)n2cc(Oc3ccc(CNC(=O)C[C@@H]4N=C(c5ccc(Cl)cc5)c5c(sc(C)c5C)-n5c(C)nnc54)cc3)cn2)cc1. The molecule has 6 heterocycles. The topological polar surface area (TPSA) is 182 Å². The van der Waals surface area contributed by atoms with Gasteiger partial charge in [-0.05, 0) is 80.1 Å². The Morgan fingerprint density at radius 2 is 1.59 bits per heavy atom. The molecule has 3 aromatic carbocycles. The number of ether oxygens (including phenoxy) is 1. The number of rotatable bonds is 14. The van der Waals surface area contributed by atoms with E-state index in [9.17, 15) is 19.5 Å². The molecule has 0 radical (unpaired) electrons. The molecule has 0 spiro atoms. The van der Waals surface area contributed by atoms with Crippen LogP contribution in [0.3, 0.4) is 0 Å². The van der Waals surface area contributed by atoms with E-state index in [2.05, 4.69) is 44.8 Å². The number of hydrogen-bond donors (Lipinski definition) is 3. The normalized spacial score (nSPS) is 17.0. The number of aliphatic imine (C=N–C) groups is 1. The second-order valence-electron chi connectivity index (χ2n) is 17.6. The minimum Gasteiger partial charge on any atom is -0.454 e. The highest BCUT2D eigenvalue weighted by molar-refractivity contribution is 7.15. The molecule has 1 saturated heterocycles. The highest BCUT2D eigenvalue weighted by Gasteiger charge is 2.42. The maximum atomic E-state index is 14.2. The monoisotopic (exact) mass is 970 g/mol. The number of aromatic nitrogens is 6. The van der Waals surface area contributed by atoms with Gasteiger partial charge in [0.15, 0.2) is 11.6 Å². The number of aryl methyl sites for hydroxylation is 3. The second-order valence-corrected chi connectivity index (χ2v) is 20.0. The van der Waals surface area contributed by atoms with Crippen molar-refractivity contribution < 1.29 is 24.2 Å².